The SMILES string of the molecule is CCC/C=C\CCCCCCCC(=O)OC(/C=C\CCCCCCCC)CCCCCCCCC(=O)NC(CCCN)C(=O)O. The van der Waals surface area contributed by atoms with Crippen LogP contribution in [0.2, 0.25) is 0 Å². The van der Waals surface area contributed by atoms with E-state index >= 15 is 0 Å². The van der Waals surface area contributed by atoms with Gasteiger partial charge in [0.15, 0.2) is 0 Å². The summed E-state index contributed by atoms with van der Waals surface area (Å²) in [5.74, 6) is -1.28. The van der Waals surface area contributed by atoms with Gasteiger partial charge < -0.3 is 20.9 Å². The first kappa shape index (κ1) is 42.9. The maximum Gasteiger partial charge on any atom is 0.326 e. The molecule has 0 saturated heterocycles. The summed E-state index contributed by atoms with van der Waals surface area (Å²) in [5, 5.41) is 11.9. The Kier molecular flexibility index (Phi) is 31.6. The standard InChI is InChI=1S/C38H70N2O5/c1-3-5-7-9-11-13-14-16-22-26-32-37(42)45-34(28-23-19-15-12-10-8-6-4-2)29-24-20-17-18-21-25-31-36(41)40-35(38(43)44)30-27-33-39/h7,9,23,28,34-35H,3-6,8,10-22,24-27,29-33,39H2,1-2H3,(H,40,41)(H,43,44)/b9-7-,28-23-. The highest BCUT2D eigenvalue weighted by Crippen LogP contribution is 2.16. The van der Waals surface area contributed by atoms with E-state index in [0.29, 0.717) is 32.2 Å². The first-order valence-electron chi connectivity index (χ1n) is 18.7. The number of carboxylic acids is 1. The van der Waals surface area contributed by atoms with E-state index in [1.54, 1.807) is 0 Å². The number of amides is 1. The van der Waals surface area contributed by atoms with E-state index in [-0.39, 0.29) is 18.0 Å². The number of aliphatic carboxylic acids is 1. The summed E-state index contributed by atoms with van der Waals surface area (Å²) in [7, 11) is 0. The van der Waals surface area contributed by atoms with Crippen molar-refractivity contribution in [3.8, 4) is 0 Å². The monoisotopic (exact) mass is 635 g/mol. The molecule has 0 aliphatic heterocycles. The molecule has 0 spiro atoms. The molecule has 2 atom stereocenters. The van der Waals surface area contributed by atoms with Crippen LogP contribution in [0.4, 0.5) is 0 Å². The third kappa shape index (κ3) is 30.3. The first-order valence-corrected chi connectivity index (χ1v) is 18.7. The molecule has 0 aromatic rings. The number of nitrogens with one attached hydrogen (secondary N) is 1. The number of esters is 1. The number of unbranched alkanes of at least 4 members (excludes halogenated alkanes) is 17. The fourth-order valence-electron chi connectivity index (χ4n) is 5.36. The lowest BCUT2D eigenvalue weighted by atomic mass is 10.0. The van der Waals surface area contributed by atoms with E-state index in [2.05, 4.69) is 43.5 Å². The summed E-state index contributed by atoms with van der Waals surface area (Å²) in [4.78, 5) is 36.0. The predicted molar refractivity (Wildman–Crippen MR) is 188 cm³/mol. The molecule has 1 amide bonds. The van der Waals surface area contributed by atoms with Gasteiger partial charge in [0.2, 0.25) is 5.91 Å². The van der Waals surface area contributed by atoms with Crippen LogP contribution in [0, 0.1) is 0 Å². The lowest BCUT2D eigenvalue weighted by Gasteiger charge is -2.15. The molecule has 0 heterocycles. The molecule has 4 N–H and O–H groups in total. The molecule has 0 aliphatic carbocycles. The fraction of sp³-hybridized carbons (Fsp3) is 0.816. The number of hydrogen-bond donors (Lipinski definition) is 3. The van der Waals surface area contributed by atoms with E-state index in [1.807, 2.05) is 0 Å². The van der Waals surface area contributed by atoms with Crippen molar-refractivity contribution in [3.63, 3.8) is 0 Å². The van der Waals surface area contributed by atoms with Crippen LogP contribution < -0.4 is 11.1 Å². The van der Waals surface area contributed by atoms with Gasteiger partial charge in [0.1, 0.15) is 12.1 Å². The molecule has 0 aromatic heterocycles. The third-order valence-electron chi connectivity index (χ3n) is 8.20. The van der Waals surface area contributed by atoms with Gasteiger partial charge in [-0.05, 0) is 83.2 Å². The molecule has 0 aromatic carbocycles. The molecule has 0 rings (SSSR count). The minimum Gasteiger partial charge on any atom is -0.480 e. The molecule has 0 radical (unpaired) electrons. The maximum absolute atomic E-state index is 12.6. The quantitative estimate of drug-likeness (QED) is 0.0376. The second-order valence-corrected chi connectivity index (χ2v) is 12.6. The Labute approximate surface area is 276 Å². The summed E-state index contributed by atoms with van der Waals surface area (Å²) in [6.45, 7) is 4.86. The van der Waals surface area contributed by atoms with Crippen molar-refractivity contribution in [3.05, 3.63) is 24.3 Å². The number of carboxylic acid groups (broad SMARTS) is 1. The van der Waals surface area contributed by atoms with Crippen molar-refractivity contribution in [2.75, 3.05) is 6.54 Å². The number of hydrogen-bond acceptors (Lipinski definition) is 5. The number of carbonyl (C=O) groups excluding carboxylic acids is 2. The van der Waals surface area contributed by atoms with Crippen molar-refractivity contribution < 1.29 is 24.2 Å². The zero-order valence-corrected chi connectivity index (χ0v) is 29.2. The zero-order valence-electron chi connectivity index (χ0n) is 29.2. The molecular weight excluding hydrogens is 564 g/mol. The second-order valence-electron chi connectivity index (χ2n) is 12.6. The summed E-state index contributed by atoms with van der Waals surface area (Å²) < 4.78 is 5.91. The van der Waals surface area contributed by atoms with E-state index in [9.17, 15) is 19.5 Å². The smallest absolute Gasteiger partial charge is 0.326 e. The van der Waals surface area contributed by atoms with E-state index < -0.39 is 12.0 Å². The van der Waals surface area contributed by atoms with Crippen LogP contribution in [0.15, 0.2) is 24.3 Å². The lowest BCUT2D eigenvalue weighted by Crippen LogP contribution is -2.40. The Morgan fingerprint density at radius 3 is 1.82 bits per heavy atom. The summed E-state index contributed by atoms with van der Waals surface area (Å²) in [6.07, 6.45) is 35.2. The largest absolute Gasteiger partial charge is 0.480 e. The van der Waals surface area contributed by atoms with Crippen molar-refractivity contribution in [1.82, 2.24) is 5.32 Å². The fourth-order valence-corrected chi connectivity index (χ4v) is 5.36. The first-order chi connectivity index (χ1) is 21.9. The number of ether oxygens (including phenoxy) is 1. The topological polar surface area (TPSA) is 119 Å². The minimum atomic E-state index is -1.00. The molecule has 0 saturated carbocycles. The average molecular weight is 635 g/mol. The number of rotatable bonds is 33. The zero-order chi connectivity index (χ0) is 33.2. The predicted octanol–water partition coefficient (Wildman–Crippen LogP) is 9.72. The van der Waals surface area contributed by atoms with Crippen LogP contribution in [-0.2, 0) is 19.1 Å². The summed E-state index contributed by atoms with van der Waals surface area (Å²) in [6, 6.07) is -0.851. The third-order valence-corrected chi connectivity index (χ3v) is 8.20. The Hall–Kier alpha value is -2.15. The van der Waals surface area contributed by atoms with Gasteiger partial charge >= 0.3 is 11.9 Å². The van der Waals surface area contributed by atoms with Crippen LogP contribution in [0.1, 0.15) is 181 Å². The molecule has 7 heteroatoms. The second kappa shape index (κ2) is 33.2. The number of carbonyl (C=O) groups is 3. The molecule has 2 unspecified atom stereocenters. The van der Waals surface area contributed by atoms with Crippen molar-refractivity contribution in [2.45, 2.75) is 193 Å². The van der Waals surface area contributed by atoms with E-state index in [4.69, 9.17) is 10.5 Å². The highest BCUT2D eigenvalue weighted by atomic mass is 16.5. The average Bonchev–Trinajstić information content (AvgIpc) is 3.02. The summed E-state index contributed by atoms with van der Waals surface area (Å²) in [5.41, 5.74) is 5.46. The van der Waals surface area contributed by atoms with E-state index in [0.717, 1.165) is 70.6 Å². The maximum atomic E-state index is 12.6. The van der Waals surface area contributed by atoms with E-state index in [1.165, 1.54) is 70.6 Å². The van der Waals surface area contributed by atoms with Crippen LogP contribution in [0.5, 0.6) is 0 Å². The molecular formula is C38H70N2O5. The minimum absolute atomic E-state index is 0.0712. The molecule has 45 heavy (non-hydrogen) atoms. The number of allylic oxidation sites excluding steroid dienone is 3. The van der Waals surface area contributed by atoms with Crippen molar-refractivity contribution in [1.29, 1.82) is 0 Å². The highest BCUT2D eigenvalue weighted by molar-refractivity contribution is 5.83. The molecule has 0 aliphatic rings. The van der Waals surface area contributed by atoms with Gasteiger partial charge in [-0.1, -0.05) is 116 Å². The molecule has 0 fully saturated rings. The van der Waals surface area contributed by atoms with Gasteiger partial charge in [-0.3, -0.25) is 9.59 Å². The highest BCUT2D eigenvalue weighted by Gasteiger charge is 2.18. The Morgan fingerprint density at radius 1 is 0.644 bits per heavy atom. The van der Waals surface area contributed by atoms with Crippen molar-refractivity contribution in [2.24, 2.45) is 5.73 Å². The Balaban J connectivity index is 4.30. The normalized spacial score (nSPS) is 13.0. The van der Waals surface area contributed by atoms with Gasteiger partial charge in [-0.15, -0.1) is 0 Å². The molecule has 0 bridgehead atoms. The van der Waals surface area contributed by atoms with Gasteiger partial charge in [0, 0.05) is 12.8 Å². The lowest BCUT2D eigenvalue weighted by molar-refractivity contribution is -0.147. The van der Waals surface area contributed by atoms with Gasteiger partial charge in [0.05, 0.1) is 0 Å². The van der Waals surface area contributed by atoms with Gasteiger partial charge in [-0.2, -0.15) is 0 Å². The van der Waals surface area contributed by atoms with Crippen LogP contribution in [-0.4, -0.2) is 41.6 Å². The molecule has 7 nitrogen and oxygen atoms in total. The van der Waals surface area contributed by atoms with Gasteiger partial charge in [0.25, 0.3) is 0 Å². The Morgan fingerprint density at radius 2 is 1.20 bits per heavy atom. The van der Waals surface area contributed by atoms with Crippen LogP contribution in [0.25, 0.3) is 0 Å². The number of nitrogens with two attached hydrogens (primary N) is 1. The molecule has 262 valence electrons. The van der Waals surface area contributed by atoms with Crippen LogP contribution in [0.3, 0.4) is 0 Å². The van der Waals surface area contributed by atoms with Gasteiger partial charge in [-0.25, -0.2) is 4.79 Å². The summed E-state index contributed by atoms with van der Waals surface area (Å²) >= 11 is 0. The van der Waals surface area contributed by atoms with Crippen LogP contribution >= 0.6 is 0 Å². The Bertz CT molecular complexity index is 767. The van der Waals surface area contributed by atoms with Crippen molar-refractivity contribution >= 4 is 17.8 Å².